The van der Waals surface area contributed by atoms with Gasteiger partial charge in [-0.3, -0.25) is 9.59 Å². The van der Waals surface area contributed by atoms with Gasteiger partial charge in [0.2, 0.25) is 11.8 Å². The number of nitrogens with one attached hydrogen (secondary N) is 2. The molecule has 2 aromatic rings. The molecule has 0 radical (unpaired) electrons. The third-order valence-electron chi connectivity index (χ3n) is 2.67. The summed E-state index contributed by atoms with van der Waals surface area (Å²) in [6.45, 7) is 1.56. The maximum Gasteiger partial charge on any atom is 0.244 e. The summed E-state index contributed by atoms with van der Waals surface area (Å²) in [5.74, 6) is -3.08. The molecule has 8 heteroatoms. The number of thiazole rings is 1. The number of benzene rings is 1. The maximum absolute atomic E-state index is 13.0. The Labute approximate surface area is 135 Å². The van der Waals surface area contributed by atoms with Crippen LogP contribution >= 0.6 is 11.3 Å². The molecule has 0 aliphatic carbocycles. The van der Waals surface area contributed by atoms with Gasteiger partial charge in [0.1, 0.15) is 0 Å². The number of halogens is 2. The van der Waals surface area contributed by atoms with Crippen molar-refractivity contribution in [3.05, 3.63) is 52.0 Å². The van der Waals surface area contributed by atoms with Crippen LogP contribution in [-0.2, 0) is 9.59 Å². The number of aromatic nitrogens is 1. The average Bonchev–Trinajstić information content (AvgIpc) is 2.92. The van der Waals surface area contributed by atoms with Crippen molar-refractivity contribution in [3.63, 3.8) is 0 Å². The molecular weight excluding hydrogens is 324 g/mol. The van der Waals surface area contributed by atoms with E-state index in [1.165, 1.54) is 29.6 Å². The van der Waals surface area contributed by atoms with Crippen LogP contribution in [0.25, 0.3) is 6.08 Å². The van der Waals surface area contributed by atoms with Crippen molar-refractivity contribution in [2.75, 3.05) is 11.9 Å². The molecule has 23 heavy (non-hydrogen) atoms. The third kappa shape index (κ3) is 5.26. The molecule has 1 heterocycles. The summed E-state index contributed by atoms with van der Waals surface area (Å²) < 4.78 is 25.8. The highest BCUT2D eigenvalue weighted by Crippen LogP contribution is 2.12. The predicted molar refractivity (Wildman–Crippen MR) is 83.9 cm³/mol. The Morgan fingerprint density at radius 3 is 2.74 bits per heavy atom. The molecule has 0 fully saturated rings. The van der Waals surface area contributed by atoms with E-state index in [0.717, 1.165) is 17.1 Å². The lowest BCUT2D eigenvalue weighted by atomic mass is 10.3. The van der Waals surface area contributed by atoms with Crippen LogP contribution in [0.5, 0.6) is 0 Å². The van der Waals surface area contributed by atoms with Crippen molar-refractivity contribution in [2.45, 2.75) is 6.92 Å². The van der Waals surface area contributed by atoms with Crippen molar-refractivity contribution in [2.24, 2.45) is 0 Å². The van der Waals surface area contributed by atoms with Crippen molar-refractivity contribution in [1.29, 1.82) is 0 Å². The maximum atomic E-state index is 13.0. The molecule has 2 amide bonds. The molecule has 1 aromatic heterocycles. The highest BCUT2D eigenvalue weighted by atomic mass is 32.1. The zero-order valence-corrected chi connectivity index (χ0v) is 12.9. The largest absolute Gasteiger partial charge is 0.343 e. The van der Waals surface area contributed by atoms with Crippen LogP contribution in [0.3, 0.4) is 0 Å². The third-order valence-corrected chi connectivity index (χ3v) is 3.46. The number of carbonyl (C=O) groups is 2. The molecule has 120 valence electrons. The van der Waals surface area contributed by atoms with Crippen molar-refractivity contribution in [3.8, 4) is 0 Å². The Balaban J connectivity index is 1.80. The first-order valence-corrected chi connectivity index (χ1v) is 7.45. The second-order valence-electron chi connectivity index (χ2n) is 4.52. The van der Waals surface area contributed by atoms with E-state index in [0.29, 0.717) is 5.69 Å². The van der Waals surface area contributed by atoms with Crippen LogP contribution in [-0.4, -0.2) is 23.3 Å². The van der Waals surface area contributed by atoms with E-state index in [9.17, 15) is 18.4 Å². The number of aryl methyl sites for hydroxylation is 1. The summed E-state index contributed by atoms with van der Waals surface area (Å²) in [7, 11) is 0. The fourth-order valence-corrected chi connectivity index (χ4v) is 2.20. The zero-order valence-electron chi connectivity index (χ0n) is 12.1. The average molecular weight is 337 g/mol. The lowest BCUT2D eigenvalue weighted by molar-refractivity contribution is -0.121. The number of nitrogens with zero attached hydrogens (tertiary/aromatic N) is 1. The number of carbonyl (C=O) groups excluding carboxylic acids is 2. The molecule has 0 aliphatic heterocycles. The number of rotatable bonds is 5. The summed E-state index contributed by atoms with van der Waals surface area (Å²) in [5, 5.41) is 7.41. The Morgan fingerprint density at radius 2 is 2.09 bits per heavy atom. The smallest absolute Gasteiger partial charge is 0.244 e. The van der Waals surface area contributed by atoms with Crippen LogP contribution in [0.15, 0.2) is 29.7 Å². The number of amides is 2. The predicted octanol–water partition coefficient (Wildman–Crippen LogP) is 2.50. The zero-order chi connectivity index (χ0) is 16.8. The van der Waals surface area contributed by atoms with Crippen LogP contribution in [0.1, 0.15) is 10.7 Å². The van der Waals surface area contributed by atoms with Gasteiger partial charge in [-0.2, -0.15) is 0 Å². The van der Waals surface area contributed by atoms with E-state index in [2.05, 4.69) is 15.6 Å². The Bertz CT molecular complexity index is 759. The van der Waals surface area contributed by atoms with Gasteiger partial charge in [0.25, 0.3) is 0 Å². The lowest BCUT2D eigenvalue weighted by Gasteiger charge is -2.06. The van der Waals surface area contributed by atoms with Crippen molar-refractivity contribution < 1.29 is 18.4 Å². The highest BCUT2D eigenvalue weighted by Gasteiger charge is 2.07. The van der Waals surface area contributed by atoms with Gasteiger partial charge in [0.15, 0.2) is 11.6 Å². The van der Waals surface area contributed by atoms with Gasteiger partial charge in [0, 0.05) is 23.2 Å². The Morgan fingerprint density at radius 1 is 1.30 bits per heavy atom. The molecular formula is C15H13F2N3O2S. The van der Waals surface area contributed by atoms with E-state index < -0.39 is 23.4 Å². The minimum Gasteiger partial charge on any atom is -0.343 e. The van der Waals surface area contributed by atoms with Gasteiger partial charge in [-0.1, -0.05) is 0 Å². The molecule has 1 aromatic carbocycles. The monoisotopic (exact) mass is 337 g/mol. The number of hydrogen-bond acceptors (Lipinski definition) is 4. The number of anilines is 1. The molecule has 0 spiro atoms. The first-order chi connectivity index (χ1) is 10.9. The van der Waals surface area contributed by atoms with Gasteiger partial charge >= 0.3 is 0 Å². The van der Waals surface area contributed by atoms with Crippen molar-refractivity contribution >= 4 is 34.9 Å². The molecule has 2 N–H and O–H groups in total. The molecule has 2 rings (SSSR count). The summed E-state index contributed by atoms with van der Waals surface area (Å²) >= 11 is 1.46. The standard InChI is InChI=1S/C15H13F2N3O2S/c1-9-19-11(8-23-9)3-5-14(21)18-7-15(22)20-10-2-4-12(16)13(17)6-10/h2-6,8H,7H2,1H3,(H,18,21)(H,20,22)/b5-3+. The molecule has 0 bridgehead atoms. The molecule has 5 nitrogen and oxygen atoms in total. The van der Waals surface area contributed by atoms with E-state index in [1.54, 1.807) is 5.38 Å². The second-order valence-corrected chi connectivity index (χ2v) is 5.58. The summed E-state index contributed by atoms with van der Waals surface area (Å²) in [5.41, 5.74) is 0.769. The minimum atomic E-state index is -1.06. The first-order valence-electron chi connectivity index (χ1n) is 6.57. The van der Waals surface area contributed by atoms with Crippen LogP contribution in [0.4, 0.5) is 14.5 Å². The normalized spacial score (nSPS) is 10.7. The van der Waals surface area contributed by atoms with Crippen molar-refractivity contribution in [1.82, 2.24) is 10.3 Å². The Hall–Kier alpha value is -2.61. The van der Waals surface area contributed by atoms with E-state index in [4.69, 9.17) is 0 Å². The lowest BCUT2D eigenvalue weighted by Crippen LogP contribution is -2.31. The second kappa shape index (κ2) is 7.59. The SMILES string of the molecule is Cc1nc(/C=C/C(=O)NCC(=O)Nc2ccc(F)c(F)c2)cs1. The van der Waals surface area contributed by atoms with E-state index >= 15 is 0 Å². The van der Waals surface area contributed by atoms with E-state index in [-0.39, 0.29) is 12.2 Å². The quantitative estimate of drug-likeness (QED) is 0.824. The molecule has 0 aliphatic rings. The topological polar surface area (TPSA) is 71.1 Å². The van der Waals surface area contributed by atoms with Crippen LogP contribution in [0.2, 0.25) is 0 Å². The van der Waals surface area contributed by atoms with Gasteiger partial charge < -0.3 is 10.6 Å². The molecule has 0 saturated heterocycles. The Kier molecular flexibility index (Phi) is 5.53. The van der Waals surface area contributed by atoms with Crippen LogP contribution in [0, 0.1) is 18.6 Å². The highest BCUT2D eigenvalue weighted by molar-refractivity contribution is 7.09. The summed E-state index contributed by atoms with van der Waals surface area (Å²) in [4.78, 5) is 27.3. The summed E-state index contributed by atoms with van der Waals surface area (Å²) in [6, 6.07) is 2.99. The van der Waals surface area contributed by atoms with E-state index in [1.807, 2.05) is 6.92 Å². The van der Waals surface area contributed by atoms with Crippen LogP contribution < -0.4 is 10.6 Å². The number of hydrogen-bond donors (Lipinski definition) is 2. The molecule has 0 unspecified atom stereocenters. The summed E-state index contributed by atoms with van der Waals surface area (Å²) in [6.07, 6.45) is 2.80. The molecule has 0 saturated carbocycles. The van der Waals surface area contributed by atoms with Gasteiger partial charge in [-0.05, 0) is 25.1 Å². The molecule has 0 atom stereocenters. The fraction of sp³-hybridized carbons (Fsp3) is 0.133. The minimum absolute atomic E-state index is 0.108. The fourth-order valence-electron chi connectivity index (χ4n) is 1.62. The first kappa shape index (κ1) is 16.8. The van der Waals surface area contributed by atoms with Gasteiger partial charge in [0.05, 0.1) is 17.2 Å². The van der Waals surface area contributed by atoms with Gasteiger partial charge in [-0.25, -0.2) is 13.8 Å². The van der Waals surface area contributed by atoms with Gasteiger partial charge in [-0.15, -0.1) is 11.3 Å².